The molecule has 138 valence electrons. The van der Waals surface area contributed by atoms with Gasteiger partial charge in [0.1, 0.15) is 5.01 Å². The Kier molecular flexibility index (Phi) is 5.24. The molecule has 0 saturated carbocycles. The molecule has 0 bridgehead atoms. The van der Waals surface area contributed by atoms with Gasteiger partial charge in [-0.3, -0.25) is 9.59 Å². The third-order valence-corrected chi connectivity index (χ3v) is 6.18. The number of nitrogens with zero attached hydrogens (tertiary/aromatic N) is 2. The first-order chi connectivity index (χ1) is 13.1. The molecule has 1 aromatic carbocycles. The van der Waals surface area contributed by atoms with Crippen LogP contribution in [0.1, 0.15) is 18.5 Å². The largest absolute Gasteiger partial charge is 0.326 e. The zero-order valence-corrected chi connectivity index (χ0v) is 16.7. The van der Waals surface area contributed by atoms with E-state index in [9.17, 15) is 9.59 Å². The van der Waals surface area contributed by atoms with E-state index in [1.54, 1.807) is 34.4 Å². The molecule has 1 saturated heterocycles. The molecule has 4 rings (SSSR count). The third kappa shape index (κ3) is 4.05. The van der Waals surface area contributed by atoms with Crippen LogP contribution < -0.4 is 10.2 Å². The summed E-state index contributed by atoms with van der Waals surface area (Å²) in [6.45, 7) is 0.681. The van der Waals surface area contributed by atoms with Gasteiger partial charge in [-0.1, -0.05) is 11.6 Å². The van der Waals surface area contributed by atoms with E-state index in [0.717, 1.165) is 22.7 Å². The van der Waals surface area contributed by atoms with Crippen molar-refractivity contribution in [3.63, 3.8) is 0 Å². The fourth-order valence-electron chi connectivity index (χ4n) is 2.98. The van der Waals surface area contributed by atoms with E-state index in [-0.39, 0.29) is 18.2 Å². The van der Waals surface area contributed by atoms with E-state index in [0.29, 0.717) is 29.4 Å². The number of halogens is 1. The number of benzene rings is 1. The molecule has 0 spiro atoms. The summed E-state index contributed by atoms with van der Waals surface area (Å²) in [6, 6.07) is 7.24. The highest BCUT2D eigenvalue weighted by Crippen LogP contribution is 2.32. The Morgan fingerprint density at radius 2 is 2.19 bits per heavy atom. The Morgan fingerprint density at radius 1 is 1.30 bits per heavy atom. The van der Waals surface area contributed by atoms with Crippen molar-refractivity contribution < 1.29 is 9.59 Å². The summed E-state index contributed by atoms with van der Waals surface area (Å²) in [5.41, 5.74) is 3.12. The first kappa shape index (κ1) is 18.2. The number of carbonyl (C=O) groups is 2. The zero-order valence-electron chi connectivity index (χ0n) is 14.3. The van der Waals surface area contributed by atoms with Crippen LogP contribution in [-0.4, -0.2) is 23.3 Å². The molecule has 27 heavy (non-hydrogen) atoms. The normalized spacial score (nSPS) is 14.0. The van der Waals surface area contributed by atoms with Crippen molar-refractivity contribution in [3.8, 4) is 10.6 Å². The lowest BCUT2D eigenvalue weighted by Crippen LogP contribution is -2.24. The average Bonchev–Trinajstić information content (AvgIpc) is 3.36. The Bertz CT molecular complexity index is 985. The number of anilines is 2. The number of aromatic nitrogens is 1. The summed E-state index contributed by atoms with van der Waals surface area (Å²) < 4.78 is 0. The number of rotatable bonds is 5. The summed E-state index contributed by atoms with van der Waals surface area (Å²) in [7, 11) is 0. The highest BCUT2D eigenvalue weighted by molar-refractivity contribution is 7.14. The highest BCUT2D eigenvalue weighted by atomic mass is 35.5. The van der Waals surface area contributed by atoms with Gasteiger partial charge in [0, 0.05) is 35.0 Å². The standard InChI is InChI=1S/C19H16ClN3O2S2/c20-15-8-13(3-4-16(15)23-6-1-2-18(23)25)21-17(24)9-14-11-27-19(22-14)12-5-7-26-10-12/h3-5,7-8,10-11H,1-2,6,9H2,(H,21,24). The van der Waals surface area contributed by atoms with Crippen molar-refractivity contribution in [1.29, 1.82) is 0 Å². The van der Waals surface area contributed by atoms with Crippen LogP contribution in [0.4, 0.5) is 11.4 Å². The maximum atomic E-state index is 12.3. The minimum absolute atomic E-state index is 0.0821. The number of carbonyl (C=O) groups excluding carboxylic acids is 2. The zero-order chi connectivity index (χ0) is 18.8. The molecule has 0 radical (unpaired) electrons. The second-order valence-electron chi connectivity index (χ2n) is 6.20. The lowest BCUT2D eigenvalue weighted by molar-refractivity contribution is -0.117. The molecule has 2 aromatic heterocycles. The summed E-state index contributed by atoms with van der Waals surface area (Å²) >= 11 is 9.48. The fraction of sp³-hybridized carbons (Fsp3) is 0.211. The lowest BCUT2D eigenvalue weighted by atomic mass is 10.2. The molecule has 0 aliphatic carbocycles. The summed E-state index contributed by atoms with van der Waals surface area (Å²) in [5, 5.41) is 10.2. The van der Waals surface area contributed by atoms with Crippen LogP contribution in [-0.2, 0) is 16.0 Å². The first-order valence-corrected chi connectivity index (χ1v) is 10.7. The predicted octanol–water partition coefficient (Wildman–Crippen LogP) is 4.83. The second kappa shape index (κ2) is 7.80. The molecule has 1 aliphatic rings. The molecule has 0 unspecified atom stereocenters. The van der Waals surface area contributed by atoms with Crippen LogP contribution in [0, 0.1) is 0 Å². The topological polar surface area (TPSA) is 62.3 Å². The van der Waals surface area contributed by atoms with Crippen molar-refractivity contribution in [3.05, 3.63) is 51.1 Å². The van der Waals surface area contributed by atoms with E-state index < -0.39 is 0 Å². The monoisotopic (exact) mass is 417 g/mol. The van der Waals surface area contributed by atoms with E-state index in [4.69, 9.17) is 11.6 Å². The minimum Gasteiger partial charge on any atom is -0.326 e. The van der Waals surface area contributed by atoms with Gasteiger partial charge in [-0.25, -0.2) is 4.98 Å². The number of hydrogen-bond donors (Lipinski definition) is 1. The molecule has 5 nitrogen and oxygen atoms in total. The van der Waals surface area contributed by atoms with E-state index in [2.05, 4.69) is 10.3 Å². The minimum atomic E-state index is -0.154. The van der Waals surface area contributed by atoms with Gasteiger partial charge < -0.3 is 10.2 Å². The average molecular weight is 418 g/mol. The van der Waals surface area contributed by atoms with Crippen molar-refractivity contribution in [2.45, 2.75) is 19.3 Å². The van der Waals surface area contributed by atoms with Gasteiger partial charge in [-0.2, -0.15) is 11.3 Å². The van der Waals surface area contributed by atoms with Gasteiger partial charge in [-0.15, -0.1) is 11.3 Å². The molecule has 2 amide bonds. The quantitative estimate of drug-likeness (QED) is 0.646. The van der Waals surface area contributed by atoms with Crippen LogP contribution in [0.2, 0.25) is 5.02 Å². The van der Waals surface area contributed by atoms with Gasteiger partial charge >= 0.3 is 0 Å². The summed E-state index contributed by atoms with van der Waals surface area (Å²) in [6.07, 6.45) is 1.59. The summed E-state index contributed by atoms with van der Waals surface area (Å²) in [5.74, 6) is -0.0723. The number of nitrogens with one attached hydrogen (secondary N) is 1. The van der Waals surface area contributed by atoms with Crippen molar-refractivity contribution in [1.82, 2.24) is 4.98 Å². The number of thiophene rings is 1. The Balaban J connectivity index is 1.41. The molecule has 1 aliphatic heterocycles. The molecule has 8 heteroatoms. The molecular weight excluding hydrogens is 402 g/mol. The fourth-order valence-corrected chi connectivity index (χ4v) is 4.80. The van der Waals surface area contributed by atoms with Crippen LogP contribution in [0.25, 0.3) is 10.6 Å². The van der Waals surface area contributed by atoms with Crippen LogP contribution >= 0.6 is 34.3 Å². The Hall–Kier alpha value is -2.22. The third-order valence-electron chi connectivity index (χ3n) is 4.26. The second-order valence-corrected chi connectivity index (χ2v) is 8.24. The highest BCUT2D eigenvalue weighted by Gasteiger charge is 2.23. The SMILES string of the molecule is O=C(Cc1csc(-c2ccsc2)n1)Nc1ccc(N2CCCC2=O)c(Cl)c1. The maximum Gasteiger partial charge on any atom is 0.230 e. The van der Waals surface area contributed by atoms with Crippen molar-refractivity contribution in [2.24, 2.45) is 0 Å². The van der Waals surface area contributed by atoms with Gasteiger partial charge in [0.15, 0.2) is 0 Å². The van der Waals surface area contributed by atoms with Gasteiger partial charge in [0.05, 0.1) is 22.8 Å². The number of amides is 2. The lowest BCUT2D eigenvalue weighted by Gasteiger charge is -2.18. The van der Waals surface area contributed by atoms with E-state index in [1.807, 2.05) is 22.2 Å². The van der Waals surface area contributed by atoms with Crippen LogP contribution in [0.5, 0.6) is 0 Å². The van der Waals surface area contributed by atoms with Crippen LogP contribution in [0.3, 0.4) is 0 Å². The molecule has 1 N–H and O–H groups in total. The predicted molar refractivity (Wildman–Crippen MR) is 111 cm³/mol. The van der Waals surface area contributed by atoms with Gasteiger partial charge in [-0.05, 0) is 36.1 Å². The van der Waals surface area contributed by atoms with Crippen molar-refractivity contribution in [2.75, 3.05) is 16.8 Å². The first-order valence-electron chi connectivity index (χ1n) is 8.47. The Morgan fingerprint density at radius 3 is 2.89 bits per heavy atom. The van der Waals surface area contributed by atoms with Crippen LogP contribution in [0.15, 0.2) is 40.4 Å². The van der Waals surface area contributed by atoms with Crippen molar-refractivity contribution >= 4 is 57.5 Å². The maximum absolute atomic E-state index is 12.3. The van der Waals surface area contributed by atoms with E-state index in [1.165, 1.54) is 11.3 Å². The van der Waals surface area contributed by atoms with Gasteiger partial charge in [0.2, 0.25) is 11.8 Å². The Labute approximate surface area is 169 Å². The molecule has 3 heterocycles. The number of hydrogen-bond acceptors (Lipinski definition) is 5. The summed E-state index contributed by atoms with van der Waals surface area (Å²) in [4.78, 5) is 30.4. The van der Waals surface area contributed by atoms with E-state index >= 15 is 0 Å². The molecule has 1 fully saturated rings. The molecule has 3 aromatic rings. The molecular formula is C19H16ClN3O2S2. The smallest absolute Gasteiger partial charge is 0.230 e. The van der Waals surface area contributed by atoms with Gasteiger partial charge in [0.25, 0.3) is 0 Å². The molecule has 0 atom stereocenters. The number of thiazole rings is 1.